The molecule has 0 radical (unpaired) electrons. The molecule has 0 aliphatic carbocycles. The summed E-state index contributed by atoms with van der Waals surface area (Å²) in [5, 5.41) is 0.530. The van der Waals surface area contributed by atoms with Crippen LogP contribution in [0.5, 0.6) is 11.5 Å². The third kappa shape index (κ3) is 5.76. The van der Waals surface area contributed by atoms with E-state index in [1.165, 1.54) is 4.90 Å². The molecule has 3 aromatic carbocycles. The summed E-state index contributed by atoms with van der Waals surface area (Å²) < 4.78 is 18.0. The van der Waals surface area contributed by atoms with Crippen molar-refractivity contribution >= 4 is 22.7 Å². The van der Waals surface area contributed by atoms with Crippen LogP contribution in [0, 0.1) is 0 Å². The standard InChI is InChI=1S/C33H34N4O6/c1-41-28-10-8-22(20-29(28)42-2)11-13-36-30(12-14-37-31(38)24-5-3-4-6-25(24)32(37)39)34-27-19-23(7-9-26(27)33(36)40)21-35-15-17-43-18-16-35/h3-10,19-20H,11-18,21H2,1-2H3. The molecule has 0 atom stereocenters. The van der Waals surface area contributed by atoms with Gasteiger partial charge in [-0.15, -0.1) is 0 Å². The maximum absolute atomic E-state index is 13.9. The van der Waals surface area contributed by atoms with E-state index in [2.05, 4.69) is 4.90 Å². The molecular formula is C33H34N4O6. The smallest absolute Gasteiger partial charge is 0.261 e. The number of ether oxygens (including phenoxy) is 3. The Morgan fingerprint density at radius 2 is 1.49 bits per heavy atom. The van der Waals surface area contributed by atoms with E-state index in [1.807, 2.05) is 36.4 Å². The summed E-state index contributed by atoms with van der Waals surface area (Å²) in [6.07, 6.45) is 0.791. The first-order valence-electron chi connectivity index (χ1n) is 14.5. The van der Waals surface area contributed by atoms with E-state index in [0.717, 1.165) is 30.8 Å². The molecule has 43 heavy (non-hydrogen) atoms. The van der Waals surface area contributed by atoms with Crippen molar-refractivity contribution in [3.63, 3.8) is 0 Å². The summed E-state index contributed by atoms with van der Waals surface area (Å²) in [6.45, 7) is 4.35. The van der Waals surface area contributed by atoms with Crippen LogP contribution in [0.2, 0.25) is 0 Å². The van der Waals surface area contributed by atoms with E-state index >= 15 is 0 Å². The van der Waals surface area contributed by atoms with Crippen LogP contribution in [0.4, 0.5) is 0 Å². The molecule has 2 aliphatic rings. The van der Waals surface area contributed by atoms with E-state index in [9.17, 15) is 14.4 Å². The predicted molar refractivity (Wildman–Crippen MR) is 161 cm³/mol. The molecule has 1 aromatic heterocycles. The molecule has 0 saturated carbocycles. The second-order valence-electron chi connectivity index (χ2n) is 10.7. The van der Waals surface area contributed by atoms with Crippen molar-refractivity contribution in [1.82, 2.24) is 19.4 Å². The Bertz CT molecular complexity index is 1710. The number of hydrogen-bond donors (Lipinski definition) is 0. The van der Waals surface area contributed by atoms with Gasteiger partial charge >= 0.3 is 0 Å². The van der Waals surface area contributed by atoms with Gasteiger partial charge in [-0.3, -0.25) is 28.8 Å². The van der Waals surface area contributed by atoms with Gasteiger partial charge < -0.3 is 14.2 Å². The first-order valence-corrected chi connectivity index (χ1v) is 14.5. The molecule has 0 unspecified atom stereocenters. The number of imide groups is 1. The van der Waals surface area contributed by atoms with Crippen molar-refractivity contribution in [3.05, 3.63) is 99.1 Å². The van der Waals surface area contributed by atoms with Gasteiger partial charge in [0.05, 0.1) is 49.5 Å². The topological polar surface area (TPSA) is 103 Å². The van der Waals surface area contributed by atoms with Crippen molar-refractivity contribution in [2.24, 2.45) is 0 Å². The Balaban J connectivity index is 1.31. The van der Waals surface area contributed by atoms with Gasteiger partial charge in [0.1, 0.15) is 5.82 Å². The van der Waals surface area contributed by atoms with Crippen molar-refractivity contribution in [1.29, 1.82) is 0 Å². The first-order chi connectivity index (χ1) is 21.0. The fourth-order valence-corrected chi connectivity index (χ4v) is 5.78. The molecule has 2 amide bonds. The highest BCUT2D eigenvalue weighted by Gasteiger charge is 2.35. The predicted octanol–water partition coefficient (Wildman–Crippen LogP) is 3.33. The highest BCUT2D eigenvalue weighted by atomic mass is 16.5. The number of aromatic nitrogens is 2. The van der Waals surface area contributed by atoms with Gasteiger partial charge in [0.25, 0.3) is 17.4 Å². The molecular weight excluding hydrogens is 548 g/mol. The molecule has 2 aliphatic heterocycles. The first kappa shape index (κ1) is 28.6. The van der Waals surface area contributed by atoms with E-state index in [1.54, 1.807) is 43.1 Å². The molecule has 222 valence electrons. The summed E-state index contributed by atoms with van der Waals surface area (Å²) >= 11 is 0. The normalized spacial score (nSPS) is 15.3. The highest BCUT2D eigenvalue weighted by Crippen LogP contribution is 2.28. The van der Waals surface area contributed by atoms with Crippen LogP contribution in [-0.2, 0) is 30.7 Å². The van der Waals surface area contributed by atoms with Crippen molar-refractivity contribution in [2.45, 2.75) is 25.9 Å². The number of hydrogen-bond acceptors (Lipinski definition) is 8. The molecule has 3 heterocycles. The Kier molecular flexibility index (Phi) is 8.22. The Morgan fingerprint density at radius 3 is 2.19 bits per heavy atom. The Morgan fingerprint density at radius 1 is 0.791 bits per heavy atom. The molecule has 1 saturated heterocycles. The van der Waals surface area contributed by atoms with Gasteiger partial charge in [-0.05, 0) is 53.9 Å². The van der Waals surface area contributed by atoms with Gasteiger partial charge in [-0.25, -0.2) is 4.98 Å². The number of nitrogens with zero attached hydrogens (tertiary/aromatic N) is 4. The van der Waals surface area contributed by atoms with Crippen LogP contribution in [0.25, 0.3) is 10.9 Å². The number of amides is 2. The lowest BCUT2D eigenvalue weighted by molar-refractivity contribution is 0.0342. The van der Waals surface area contributed by atoms with Crippen LogP contribution in [0.3, 0.4) is 0 Å². The molecule has 0 bridgehead atoms. The van der Waals surface area contributed by atoms with E-state index in [0.29, 0.717) is 65.5 Å². The summed E-state index contributed by atoms with van der Waals surface area (Å²) in [5.41, 5.74) is 3.29. The largest absolute Gasteiger partial charge is 0.493 e. The lowest BCUT2D eigenvalue weighted by Gasteiger charge is -2.26. The average molecular weight is 583 g/mol. The summed E-state index contributed by atoms with van der Waals surface area (Å²) in [6, 6.07) is 18.3. The molecule has 10 nitrogen and oxygen atoms in total. The zero-order chi connectivity index (χ0) is 29.9. The van der Waals surface area contributed by atoms with Crippen LogP contribution >= 0.6 is 0 Å². The third-order valence-corrected chi connectivity index (χ3v) is 8.12. The number of rotatable bonds is 10. The summed E-state index contributed by atoms with van der Waals surface area (Å²) in [5.74, 6) is 1.12. The molecule has 4 aromatic rings. The van der Waals surface area contributed by atoms with Crippen LogP contribution in [0.15, 0.2) is 65.5 Å². The lowest BCUT2D eigenvalue weighted by Crippen LogP contribution is -2.35. The molecule has 10 heteroatoms. The number of fused-ring (bicyclic) bond motifs is 2. The lowest BCUT2D eigenvalue weighted by atomic mass is 10.1. The maximum atomic E-state index is 13.9. The number of carbonyl (C=O) groups is 2. The number of aryl methyl sites for hydroxylation is 1. The molecule has 1 fully saturated rings. The van der Waals surface area contributed by atoms with Gasteiger partial charge in [0, 0.05) is 39.1 Å². The Labute approximate surface area is 249 Å². The fourth-order valence-electron chi connectivity index (χ4n) is 5.78. The third-order valence-electron chi connectivity index (χ3n) is 8.12. The zero-order valence-corrected chi connectivity index (χ0v) is 24.4. The van der Waals surface area contributed by atoms with E-state index in [-0.39, 0.29) is 30.3 Å². The van der Waals surface area contributed by atoms with Crippen LogP contribution < -0.4 is 15.0 Å². The van der Waals surface area contributed by atoms with E-state index in [4.69, 9.17) is 19.2 Å². The zero-order valence-electron chi connectivity index (χ0n) is 24.4. The average Bonchev–Trinajstić information content (AvgIpc) is 3.28. The van der Waals surface area contributed by atoms with Gasteiger partial charge in [0.2, 0.25) is 0 Å². The minimum absolute atomic E-state index is 0.119. The van der Waals surface area contributed by atoms with Gasteiger partial charge in [0.15, 0.2) is 11.5 Å². The minimum Gasteiger partial charge on any atom is -0.493 e. The quantitative estimate of drug-likeness (QED) is 0.263. The number of carbonyl (C=O) groups excluding carboxylic acids is 2. The molecule has 6 rings (SSSR count). The van der Waals surface area contributed by atoms with Gasteiger partial charge in [-0.1, -0.05) is 24.3 Å². The van der Waals surface area contributed by atoms with Crippen LogP contribution in [-0.4, -0.2) is 78.2 Å². The maximum Gasteiger partial charge on any atom is 0.261 e. The van der Waals surface area contributed by atoms with Crippen LogP contribution in [0.1, 0.15) is 37.7 Å². The minimum atomic E-state index is -0.326. The summed E-state index contributed by atoms with van der Waals surface area (Å²) in [7, 11) is 3.18. The van der Waals surface area contributed by atoms with Crippen molar-refractivity contribution in [3.8, 4) is 11.5 Å². The van der Waals surface area contributed by atoms with Gasteiger partial charge in [-0.2, -0.15) is 0 Å². The fraction of sp³-hybridized carbons (Fsp3) is 0.333. The second-order valence-corrected chi connectivity index (χ2v) is 10.7. The van der Waals surface area contributed by atoms with Crippen molar-refractivity contribution < 1.29 is 23.8 Å². The molecule has 0 spiro atoms. The number of methoxy groups -OCH3 is 2. The number of benzene rings is 3. The summed E-state index contributed by atoms with van der Waals surface area (Å²) in [4.78, 5) is 48.5. The monoisotopic (exact) mass is 582 g/mol. The van der Waals surface area contributed by atoms with E-state index < -0.39 is 0 Å². The number of morpholine rings is 1. The molecule has 0 N–H and O–H groups in total. The highest BCUT2D eigenvalue weighted by molar-refractivity contribution is 6.21. The second kappa shape index (κ2) is 12.4. The Hall–Kier alpha value is -4.54. The SMILES string of the molecule is COc1ccc(CCn2c(CCN3C(=O)c4ccccc4C3=O)nc3cc(CN4CCOCC4)ccc3c2=O)cc1OC. The van der Waals surface area contributed by atoms with Crippen molar-refractivity contribution in [2.75, 3.05) is 47.1 Å².